The Morgan fingerprint density at radius 1 is 1.17 bits per heavy atom. The average molecular weight is 418 g/mol. The molecule has 1 aromatic heterocycles. The van der Waals surface area contributed by atoms with Crippen molar-refractivity contribution in [2.24, 2.45) is 0 Å². The first-order valence-electron chi connectivity index (χ1n) is 9.31. The molecule has 0 saturated carbocycles. The molecule has 8 heteroatoms. The van der Waals surface area contributed by atoms with Gasteiger partial charge >= 0.3 is 0 Å². The highest BCUT2D eigenvalue weighted by Gasteiger charge is 2.42. The average Bonchev–Trinajstić information content (AvgIpc) is 3.29. The van der Waals surface area contributed by atoms with Crippen molar-refractivity contribution in [1.29, 1.82) is 5.26 Å². The lowest BCUT2D eigenvalue weighted by Crippen LogP contribution is -2.42. The van der Waals surface area contributed by atoms with E-state index in [1.54, 1.807) is 30.3 Å². The van der Waals surface area contributed by atoms with E-state index in [1.165, 1.54) is 11.8 Å². The van der Waals surface area contributed by atoms with Crippen molar-refractivity contribution in [1.82, 2.24) is 14.9 Å². The third kappa shape index (κ3) is 3.23. The van der Waals surface area contributed by atoms with Crippen molar-refractivity contribution in [3.8, 4) is 6.07 Å². The molecule has 2 aromatic carbocycles. The SMILES string of the molecule is CSCC[C@@H](C(O)=C(C#N)c1nc2ccccc2[nH]1)N1C(=O)c2ccccc2C1=O. The van der Waals surface area contributed by atoms with E-state index < -0.39 is 17.9 Å². The second-order valence-corrected chi connectivity index (χ2v) is 7.78. The molecule has 2 N–H and O–H groups in total. The number of aliphatic hydroxyl groups is 1. The van der Waals surface area contributed by atoms with Gasteiger partial charge in [-0.25, -0.2) is 4.98 Å². The predicted molar refractivity (Wildman–Crippen MR) is 115 cm³/mol. The number of hydrogen-bond acceptors (Lipinski definition) is 6. The van der Waals surface area contributed by atoms with Gasteiger partial charge in [-0.1, -0.05) is 24.3 Å². The lowest BCUT2D eigenvalue weighted by molar-refractivity contribution is 0.0573. The van der Waals surface area contributed by atoms with E-state index in [2.05, 4.69) is 9.97 Å². The largest absolute Gasteiger partial charge is 0.509 e. The van der Waals surface area contributed by atoms with Crippen LogP contribution in [0.5, 0.6) is 0 Å². The van der Waals surface area contributed by atoms with E-state index in [-0.39, 0.29) is 17.2 Å². The number of allylic oxidation sites excluding steroid dienone is 1. The molecule has 1 aliphatic heterocycles. The number of carbonyl (C=O) groups is 2. The summed E-state index contributed by atoms with van der Waals surface area (Å²) in [6.07, 6.45) is 2.20. The second-order valence-electron chi connectivity index (χ2n) is 6.80. The van der Waals surface area contributed by atoms with Crippen LogP contribution >= 0.6 is 11.8 Å². The molecule has 1 aliphatic rings. The van der Waals surface area contributed by atoms with Crippen LogP contribution < -0.4 is 0 Å². The highest BCUT2D eigenvalue weighted by atomic mass is 32.2. The Hall–Kier alpha value is -3.57. The first-order valence-corrected chi connectivity index (χ1v) is 10.7. The Morgan fingerprint density at radius 2 is 1.80 bits per heavy atom. The number of benzene rings is 2. The second kappa shape index (κ2) is 8.05. The summed E-state index contributed by atoms with van der Waals surface area (Å²) in [4.78, 5) is 34.4. The van der Waals surface area contributed by atoms with Crippen LogP contribution in [-0.2, 0) is 0 Å². The summed E-state index contributed by atoms with van der Waals surface area (Å²) in [7, 11) is 0. The molecular formula is C22H18N4O3S. The van der Waals surface area contributed by atoms with Gasteiger partial charge in [0.1, 0.15) is 17.4 Å². The zero-order valence-electron chi connectivity index (χ0n) is 16.1. The fourth-order valence-electron chi connectivity index (χ4n) is 3.58. The van der Waals surface area contributed by atoms with Crippen LogP contribution in [0.25, 0.3) is 16.6 Å². The maximum atomic E-state index is 13.0. The van der Waals surface area contributed by atoms with E-state index in [9.17, 15) is 20.0 Å². The van der Waals surface area contributed by atoms with Crippen LogP contribution in [0, 0.1) is 11.3 Å². The van der Waals surface area contributed by atoms with Gasteiger partial charge in [0.15, 0.2) is 5.82 Å². The lowest BCUT2D eigenvalue weighted by atomic mass is 10.1. The zero-order valence-corrected chi connectivity index (χ0v) is 16.9. The summed E-state index contributed by atoms with van der Waals surface area (Å²) in [5, 5.41) is 20.9. The molecule has 7 nitrogen and oxygen atoms in total. The van der Waals surface area contributed by atoms with Crippen molar-refractivity contribution in [2.45, 2.75) is 12.5 Å². The van der Waals surface area contributed by atoms with Crippen molar-refractivity contribution in [3.05, 3.63) is 71.2 Å². The molecule has 2 heterocycles. The Balaban J connectivity index is 1.80. The molecule has 0 aliphatic carbocycles. The molecule has 0 bridgehead atoms. The third-order valence-corrected chi connectivity index (χ3v) is 5.69. The standard InChI is InChI=1S/C22H18N4O3S/c1-30-11-10-18(26-21(28)13-6-2-3-7-14(13)22(26)29)19(27)15(12-23)20-24-16-8-4-5-9-17(16)25-20/h2-9,18,27H,10-11H2,1H3,(H,24,25)/t18-/m0/s1. The normalized spacial score (nSPS) is 15.1. The van der Waals surface area contributed by atoms with E-state index in [1.807, 2.05) is 30.5 Å². The van der Waals surface area contributed by atoms with Gasteiger partial charge in [0, 0.05) is 0 Å². The molecule has 3 aromatic rings. The number of thioether (sulfide) groups is 1. The number of amides is 2. The Bertz CT molecular complexity index is 1160. The fraction of sp³-hybridized carbons (Fsp3) is 0.182. The van der Waals surface area contributed by atoms with Crippen molar-refractivity contribution in [3.63, 3.8) is 0 Å². The van der Waals surface area contributed by atoms with Gasteiger partial charge in [-0.3, -0.25) is 14.5 Å². The number of fused-ring (bicyclic) bond motifs is 2. The number of hydrogen-bond donors (Lipinski definition) is 2. The summed E-state index contributed by atoms with van der Waals surface area (Å²) < 4.78 is 0. The molecule has 0 radical (unpaired) electrons. The number of imidazole rings is 1. The van der Waals surface area contributed by atoms with Gasteiger partial charge in [0.2, 0.25) is 0 Å². The molecular weight excluding hydrogens is 400 g/mol. The summed E-state index contributed by atoms with van der Waals surface area (Å²) in [6, 6.07) is 14.8. The number of aromatic amines is 1. The Kier molecular flexibility index (Phi) is 5.29. The Labute approximate surface area is 177 Å². The van der Waals surface area contributed by atoms with Gasteiger partial charge in [-0.15, -0.1) is 0 Å². The molecule has 30 heavy (non-hydrogen) atoms. The minimum absolute atomic E-state index is 0.0890. The number of rotatable bonds is 6. The number of nitrogens with zero attached hydrogens (tertiary/aromatic N) is 3. The zero-order chi connectivity index (χ0) is 21.3. The molecule has 0 unspecified atom stereocenters. The maximum Gasteiger partial charge on any atom is 0.262 e. The molecule has 0 fully saturated rings. The molecule has 1 atom stereocenters. The summed E-state index contributed by atoms with van der Waals surface area (Å²) in [5.41, 5.74) is 1.87. The van der Waals surface area contributed by atoms with Crippen molar-refractivity contribution < 1.29 is 14.7 Å². The van der Waals surface area contributed by atoms with E-state index >= 15 is 0 Å². The van der Waals surface area contributed by atoms with Gasteiger partial charge in [-0.05, 0) is 42.7 Å². The number of para-hydroxylation sites is 2. The number of H-pyrrole nitrogens is 1. The number of carbonyl (C=O) groups excluding carboxylic acids is 2. The van der Waals surface area contributed by atoms with Crippen LogP contribution in [0.1, 0.15) is 33.0 Å². The molecule has 150 valence electrons. The highest BCUT2D eigenvalue weighted by molar-refractivity contribution is 7.98. The fourth-order valence-corrected chi connectivity index (χ4v) is 4.04. The number of nitrogens with one attached hydrogen (secondary N) is 1. The summed E-state index contributed by atoms with van der Waals surface area (Å²) in [5.74, 6) is -0.520. The van der Waals surface area contributed by atoms with Crippen LogP contribution in [0.4, 0.5) is 0 Å². The molecule has 4 rings (SSSR count). The van der Waals surface area contributed by atoms with Crippen molar-refractivity contribution >= 4 is 40.2 Å². The highest BCUT2D eigenvalue weighted by Crippen LogP contribution is 2.31. The van der Waals surface area contributed by atoms with Gasteiger partial charge < -0.3 is 10.1 Å². The van der Waals surface area contributed by atoms with E-state index in [4.69, 9.17) is 0 Å². The first-order chi connectivity index (χ1) is 14.6. The van der Waals surface area contributed by atoms with Gasteiger partial charge in [0.05, 0.1) is 28.2 Å². The summed E-state index contributed by atoms with van der Waals surface area (Å²) in [6.45, 7) is 0. The maximum absolute atomic E-state index is 13.0. The third-order valence-electron chi connectivity index (χ3n) is 5.04. The van der Waals surface area contributed by atoms with E-state index in [0.717, 1.165) is 10.4 Å². The number of aromatic nitrogens is 2. The van der Waals surface area contributed by atoms with Crippen LogP contribution in [0.3, 0.4) is 0 Å². The van der Waals surface area contributed by atoms with Gasteiger partial charge in [0.25, 0.3) is 11.8 Å². The smallest absolute Gasteiger partial charge is 0.262 e. The van der Waals surface area contributed by atoms with E-state index in [0.29, 0.717) is 28.8 Å². The van der Waals surface area contributed by atoms with Crippen molar-refractivity contribution in [2.75, 3.05) is 12.0 Å². The number of nitriles is 1. The van der Waals surface area contributed by atoms with Crippen LogP contribution in [0.15, 0.2) is 54.3 Å². The molecule has 0 saturated heterocycles. The Morgan fingerprint density at radius 3 is 2.40 bits per heavy atom. The molecule has 2 amide bonds. The van der Waals surface area contributed by atoms with Crippen LogP contribution in [-0.4, -0.2) is 49.8 Å². The molecule has 0 spiro atoms. The number of imide groups is 1. The minimum Gasteiger partial charge on any atom is -0.509 e. The summed E-state index contributed by atoms with van der Waals surface area (Å²) >= 11 is 1.52. The first kappa shape index (κ1) is 19.7. The lowest BCUT2D eigenvalue weighted by Gasteiger charge is -2.26. The topological polar surface area (TPSA) is 110 Å². The number of aliphatic hydroxyl groups excluding tert-OH is 1. The quantitative estimate of drug-likeness (QED) is 0.358. The predicted octanol–water partition coefficient (Wildman–Crippen LogP) is 3.77. The minimum atomic E-state index is -0.965. The monoisotopic (exact) mass is 418 g/mol. The van der Waals surface area contributed by atoms with Gasteiger partial charge in [-0.2, -0.15) is 17.0 Å². The van der Waals surface area contributed by atoms with Crippen LogP contribution in [0.2, 0.25) is 0 Å².